The van der Waals surface area contributed by atoms with Gasteiger partial charge in [-0.25, -0.2) is 4.98 Å². The van der Waals surface area contributed by atoms with Crippen LogP contribution in [0.4, 0.5) is 5.69 Å². The molecule has 0 radical (unpaired) electrons. The SMILES string of the molecule is COc1cc(Br)cc2c1OC[C@@H]1[C@@H]2Nc2ccc(-c3cnco3)cc2C1(C)C. The van der Waals surface area contributed by atoms with Crippen LogP contribution < -0.4 is 14.8 Å². The minimum absolute atomic E-state index is 0.0888. The van der Waals surface area contributed by atoms with E-state index in [2.05, 4.69) is 64.3 Å². The predicted molar refractivity (Wildman–Crippen MR) is 111 cm³/mol. The van der Waals surface area contributed by atoms with Gasteiger partial charge in [-0.05, 0) is 35.9 Å². The van der Waals surface area contributed by atoms with Gasteiger partial charge in [-0.2, -0.15) is 0 Å². The Kier molecular flexibility index (Phi) is 3.95. The fraction of sp³-hybridized carbons (Fsp3) is 0.318. The summed E-state index contributed by atoms with van der Waals surface area (Å²) in [6, 6.07) is 10.6. The van der Waals surface area contributed by atoms with Gasteiger partial charge >= 0.3 is 0 Å². The summed E-state index contributed by atoms with van der Waals surface area (Å²) in [4.78, 5) is 4.04. The zero-order valence-electron chi connectivity index (χ0n) is 16.0. The topological polar surface area (TPSA) is 56.5 Å². The summed E-state index contributed by atoms with van der Waals surface area (Å²) in [5, 5.41) is 3.76. The first-order valence-electron chi connectivity index (χ1n) is 9.29. The predicted octanol–water partition coefficient (Wildman–Crippen LogP) is 5.57. The number of halogens is 1. The van der Waals surface area contributed by atoms with Crippen LogP contribution in [0, 0.1) is 5.92 Å². The molecule has 144 valence electrons. The molecule has 0 aliphatic carbocycles. The summed E-state index contributed by atoms with van der Waals surface area (Å²) in [5.41, 5.74) is 4.47. The van der Waals surface area contributed by atoms with E-state index in [-0.39, 0.29) is 17.4 Å². The van der Waals surface area contributed by atoms with Crippen LogP contribution in [0.5, 0.6) is 11.5 Å². The zero-order valence-corrected chi connectivity index (χ0v) is 17.5. The van der Waals surface area contributed by atoms with Crippen molar-refractivity contribution in [1.29, 1.82) is 0 Å². The number of fused-ring (bicyclic) bond motifs is 4. The van der Waals surface area contributed by atoms with E-state index in [1.807, 2.05) is 6.07 Å². The van der Waals surface area contributed by atoms with Crippen LogP contribution in [0.1, 0.15) is 31.0 Å². The molecular weight excluding hydrogens is 420 g/mol. The Morgan fingerprint density at radius 1 is 1.25 bits per heavy atom. The molecule has 0 spiro atoms. The largest absolute Gasteiger partial charge is 0.493 e. The number of anilines is 1. The van der Waals surface area contributed by atoms with Crippen LogP contribution in [0.3, 0.4) is 0 Å². The highest BCUT2D eigenvalue weighted by atomic mass is 79.9. The molecule has 3 aromatic rings. The van der Waals surface area contributed by atoms with Crippen molar-refractivity contribution in [2.45, 2.75) is 25.3 Å². The Bertz CT molecular complexity index is 1050. The standard InChI is InChI=1S/C22H21BrN2O3/c1-22(2)15-6-12(19-9-24-11-28-19)4-5-17(15)25-20-14-7-13(23)8-18(26-3)21(14)27-10-16(20)22/h4-9,11,16,20,25H,10H2,1-3H3/t16-,20-/m1/s1. The number of rotatable bonds is 2. The molecule has 0 amide bonds. The average Bonchev–Trinajstić information content (AvgIpc) is 3.22. The number of methoxy groups -OCH3 is 1. The van der Waals surface area contributed by atoms with E-state index in [0.717, 1.165) is 38.5 Å². The van der Waals surface area contributed by atoms with E-state index >= 15 is 0 Å². The Morgan fingerprint density at radius 3 is 2.86 bits per heavy atom. The normalized spacial score (nSPS) is 21.6. The second kappa shape index (κ2) is 6.27. The summed E-state index contributed by atoms with van der Waals surface area (Å²) in [6.45, 7) is 5.21. The van der Waals surface area contributed by atoms with Crippen LogP contribution in [-0.2, 0) is 5.41 Å². The van der Waals surface area contributed by atoms with Crippen molar-refractivity contribution in [2.24, 2.45) is 5.92 Å². The molecule has 0 fully saturated rings. The van der Waals surface area contributed by atoms with Gasteiger partial charge in [-0.3, -0.25) is 0 Å². The minimum Gasteiger partial charge on any atom is -0.493 e. The maximum atomic E-state index is 6.21. The maximum absolute atomic E-state index is 6.21. The van der Waals surface area contributed by atoms with Gasteiger partial charge in [0.05, 0.1) is 26.0 Å². The van der Waals surface area contributed by atoms with Crippen molar-refractivity contribution < 1.29 is 13.9 Å². The molecule has 0 saturated heterocycles. The molecule has 2 aliphatic rings. The lowest BCUT2D eigenvalue weighted by atomic mass is 9.65. The molecular formula is C22H21BrN2O3. The molecule has 6 heteroatoms. The molecule has 5 nitrogen and oxygen atoms in total. The second-order valence-corrected chi connectivity index (χ2v) is 8.83. The lowest BCUT2D eigenvalue weighted by Crippen LogP contribution is -2.46. The van der Waals surface area contributed by atoms with Crippen molar-refractivity contribution in [1.82, 2.24) is 4.98 Å². The van der Waals surface area contributed by atoms with Crippen molar-refractivity contribution >= 4 is 21.6 Å². The fourth-order valence-corrected chi connectivity index (χ4v) is 4.95. The Hall–Kier alpha value is -2.47. The number of nitrogens with zero attached hydrogens (tertiary/aromatic N) is 1. The van der Waals surface area contributed by atoms with Crippen molar-refractivity contribution in [3.05, 3.63) is 58.5 Å². The zero-order chi connectivity index (χ0) is 19.5. The number of ether oxygens (including phenoxy) is 2. The summed E-state index contributed by atoms with van der Waals surface area (Å²) in [6.07, 6.45) is 3.21. The average molecular weight is 441 g/mol. The van der Waals surface area contributed by atoms with Gasteiger partial charge in [0.1, 0.15) is 0 Å². The van der Waals surface area contributed by atoms with Gasteiger partial charge < -0.3 is 19.2 Å². The van der Waals surface area contributed by atoms with Crippen LogP contribution in [0.25, 0.3) is 11.3 Å². The molecule has 0 unspecified atom stereocenters. The number of benzene rings is 2. The first-order chi connectivity index (χ1) is 13.5. The summed E-state index contributed by atoms with van der Waals surface area (Å²) in [5.74, 6) is 2.64. The molecule has 2 atom stereocenters. The van der Waals surface area contributed by atoms with Crippen LogP contribution >= 0.6 is 15.9 Å². The summed E-state index contributed by atoms with van der Waals surface area (Å²) in [7, 11) is 1.68. The van der Waals surface area contributed by atoms with Crippen LogP contribution in [0.2, 0.25) is 0 Å². The highest BCUT2D eigenvalue weighted by molar-refractivity contribution is 9.10. The van der Waals surface area contributed by atoms with Gasteiger partial charge in [-0.1, -0.05) is 29.8 Å². The van der Waals surface area contributed by atoms with Crippen LogP contribution in [0.15, 0.2) is 51.8 Å². The molecule has 2 aromatic carbocycles. The van der Waals surface area contributed by atoms with E-state index in [1.54, 1.807) is 13.3 Å². The molecule has 0 saturated carbocycles. The number of nitrogens with one attached hydrogen (secondary N) is 1. The van der Waals surface area contributed by atoms with Crippen molar-refractivity contribution in [2.75, 3.05) is 19.0 Å². The highest BCUT2D eigenvalue weighted by Crippen LogP contribution is 2.54. The third-order valence-electron chi connectivity index (χ3n) is 6.08. The smallest absolute Gasteiger partial charge is 0.181 e. The molecule has 2 aliphatic heterocycles. The first-order valence-corrected chi connectivity index (χ1v) is 10.1. The Labute approximate surface area is 172 Å². The van der Waals surface area contributed by atoms with Gasteiger partial charge in [0.2, 0.25) is 0 Å². The van der Waals surface area contributed by atoms with E-state index in [1.165, 1.54) is 12.0 Å². The van der Waals surface area contributed by atoms with Crippen LogP contribution in [-0.4, -0.2) is 18.7 Å². The van der Waals surface area contributed by atoms with E-state index in [4.69, 9.17) is 13.9 Å². The molecule has 0 bridgehead atoms. The van der Waals surface area contributed by atoms with Gasteiger partial charge in [0, 0.05) is 32.6 Å². The third-order valence-corrected chi connectivity index (χ3v) is 6.54. The lowest BCUT2D eigenvalue weighted by Gasteiger charge is -2.48. The number of hydrogen-bond donors (Lipinski definition) is 1. The molecule has 3 heterocycles. The van der Waals surface area contributed by atoms with Gasteiger partial charge in [0.25, 0.3) is 0 Å². The molecule has 28 heavy (non-hydrogen) atoms. The Morgan fingerprint density at radius 2 is 2.11 bits per heavy atom. The fourth-order valence-electron chi connectivity index (χ4n) is 4.50. The van der Waals surface area contributed by atoms with E-state index in [0.29, 0.717) is 6.61 Å². The van der Waals surface area contributed by atoms with Gasteiger partial charge in [0.15, 0.2) is 23.7 Å². The molecule has 1 N–H and O–H groups in total. The van der Waals surface area contributed by atoms with Crippen molar-refractivity contribution in [3.8, 4) is 22.8 Å². The van der Waals surface area contributed by atoms with Crippen molar-refractivity contribution in [3.63, 3.8) is 0 Å². The monoisotopic (exact) mass is 440 g/mol. The number of aromatic nitrogens is 1. The Balaban J connectivity index is 1.63. The second-order valence-electron chi connectivity index (χ2n) is 7.91. The van der Waals surface area contributed by atoms with Gasteiger partial charge in [-0.15, -0.1) is 0 Å². The summed E-state index contributed by atoms with van der Waals surface area (Å²) < 4.78 is 18.2. The third kappa shape index (κ3) is 2.54. The highest BCUT2D eigenvalue weighted by Gasteiger charge is 2.47. The summed E-state index contributed by atoms with van der Waals surface area (Å²) >= 11 is 3.61. The maximum Gasteiger partial charge on any atom is 0.181 e. The first kappa shape index (κ1) is 17.6. The van der Waals surface area contributed by atoms with E-state index in [9.17, 15) is 0 Å². The minimum atomic E-state index is -0.0888. The molecule has 1 aromatic heterocycles. The van der Waals surface area contributed by atoms with E-state index < -0.39 is 0 Å². The number of oxazole rings is 1. The quantitative estimate of drug-likeness (QED) is 0.564. The number of hydrogen-bond acceptors (Lipinski definition) is 5. The molecule has 5 rings (SSSR count). The lowest BCUT2D eigenvalue weighted by molar-refractivity contribution is 0.131.